The maximum Gasteiger partial charge on any atom is 0.149 e. The van der Waals surface area contributed by atoms with Crippen LogP contribution in [-0.2, 0) is 0 Å². The van der Waals surface area contributed by atoms with Crippen LogP contribution < -0.4 is 10.2 Å². The maximum atomic E-state index is 4.46. The van der Waals surface area contributed by atoms with Crippen molar-refractivity contribution in [1.29, 1.82) is 0 Å². The topological polar surface area (TPSA) is 41.1 Å². The van der Waals surface area contributed by atoms with Crippen LogP contribution in [0.3, 0.4) is 0 Å². The number of aromatic nitrogens is 2. The summed E-state index contributed by atoms with van der Waals surface area (Å²) in [6, 6.07) is 0. The van der Waals surface area contributed by atoms with Gasteiger partial charge in [0.25, 0.3) is 0 Å². The summed E-state index contributed by atoms with van der Waals surface area (Å²) < 4.78 is 0. The Hall–Kier alpha value is -1.32. The first-order chi connectivity index (χ1) is 6.79. The summed E-state index contributed by atoms with van der Waals surface area (Å²) in [5.41, 5.74) is 0. The van der Waals surface area contributed by atoms with Gasteiger partial charge in [-0.25, -0.2) is 4.98 Å². The summed E-state index contributed by atoms with van der Waals surface area (Å²) in [7, 11) is 1.86. The third-order valence-electron chi connectivity index (χ3n) is 2.63. The van der Waals surface area contributed by atoms with Gasteiger partial charge in [-0.15, -0.1) is 0 Å². The van der Waals surface area contributed by atoms with E-state index in [9.17, 15) is 0 Å². The van der Waals surface area contributed by atoms with Crippen molar-refractivity contribution in [3.63, 3.8) is 0 Å². The minimum absolute atomic E-state index is 0.773. The predicted octanol–water partition coefficient (Wildman–Crippen LogP) is 1.36. The first kappa shape index (κ1) is 9.24. The second-order valence-electron chi connectivity index (χ2n) is 3.85. The molecule has 2 heterocycles. The highest BCUT2D eigenvalue weighted by atomic mass is 15.2. The Morgan fingerprint density at radius 3 is 3.00 bits per heavy atom. The number of anilines is 2. The molecule has 1 saturated heterocycles. The Bertz CT molecular complexity index is 313. The second kappa shape index (κ2) is 3.82. The molecule has 0 spiro atoms. The summed E-state index contributed by atoms with van der Waals surface area (Å²) in [4.78, 5) is 10.9. The van der Waals surface area contributed by atoms with Gasteiger partial charge in [-0.2, -0.15) is 0 Å². The van der Waals surface area contributed by atoms with Gasteiger partial charge in [0.1, 0.15) is 11.6 Å². The van der Waals surface area contributed by atoms with Crippen molar-refractivity contribution in [3.05, 3.63) is 12.4 Å². The van der Waals surface area contributed by atoms with Gasteiger partial charge in [0, 0.05) is 20.1 Å². The third-order valence-corrected chi connectivity index (χ3v) is 2.63. The lowest BCUT2D eigenvalue weighted by atomic mass is 10.2. The van der Waals surface area contributed by atoms with E-state index in [0.29, 0.717) is 0 Å². The fraction of sp³-hybridized carbons (Fsp3) is 0.600. The van der Waals surface area contributed by atoms with Crippen LogP contribution in [0, 0.1) is 5.92 Å². The molecule has 1 aliphatic rings. The van der Waals surface area contributed by atoms with Crippen LogP contribution in [0.15, 0.2) is 12.4 Å². The normalized spacial score (nSPS) is 21.3. The molecular weight excluding hydrogens is 176 g/mol. The van der Waals surface area contributed by atoms with E-state index in [0.717, 1.165) is 30.6 Å². The lowest BCUT2D eigenvalue weighted by Crippen LogP contribution is -2.20. The Balaban J connectivity index is 2.15. The molecule has 0 aliphatic carbocycles. The van der Waals surface area contributed by atoms with Gasteiger partial charge in [-0.1, -0.05) is 6.92 Å². The Kier molecular flexibility index (Phi) is 2.52. The molecule has 76 valence electrons. The Labute approximate surface area is 84.4 Å². The van der Waals surface area contributed by atoms with Crippen LogP contribution in [0.1, 0.15) is 13.3 Å². The largest absolute Gasteiger partial charge is 0.372 e. The van der Waals surface area contributed by atoms with Crippen molar-refractivity contribution in [1.82, 2.24) is 9.97 Å². The molecule has 1 unspecified atom stereocenters. The molecule has 1 aromatic rings. The minimum atomic E-state index is 0.773. The van der Waals surface area contributed by atoms with E-state index in [4.69, 9.17) is 0 Å². The molecule has 0 bridgehead atoms. The van der Waals surface area contributed by atoms with E-state index in [-0.39, 0.29) is 0 Å². The zero-order chi connectivity index (χ0) is 9.97. The van der Waals surface area contributed by atoms with Gasteiger partial charge in [0.15, 0.2) is 0 Å². The highest BCUT2D eigenvalue weighted by Gasteiger charge is 2.19. The zero-order valence-corrected chi connectivity index (χ0v) is 8.70. The quantitative estimate of drug-likeness (QED) is 0.768. The van der Waals surface area contributed by atoms with Crippen molar-refractivity contribution < 1.29 is 0 Å². The molecule has 4 nitrogen and oxygen atoms in total. The summed E-state index contributed by atoms with van der Waals surface area (Å²) >= 11 is 0. The van der Waals surface area contributed by atoms with Gasteiger partial charge in [0.05, 0.1) is 12.4 Å². The molecule has 2 rings (SSSR count). The SMILES string of the molecule is CNc1cncc(N2CCC(C)C2)n1. The van der Waals surface area contributed by atoms with Gasteiger partial charge >= 0.3 is 0 Å². The number of hydrogen-bond acceptors (Lipinski definition) is 4. The number of nitrogens with zero attached hydrogens (tertiary/aromatic N) is 3. The average Bonchev–Trinajstić information content (AvgIpc) is 2.65. The highest BCUT2D eigenvalue weighted by Crippen LogP contribution is 2.21. The van der Waals surface area contributed by atoms with E-state index in [1.807, 2.05) is 13.2 Å². The van der Waals surface area contributed by atoms with Crippen LogP contribution in [0.25, 0.3) is 0 Å². The van der Waals surface area contributed by atoms with E-state index in [1.54, 1.807) is 6.20 Å². The van der Waals surface area contributed by atoms with Crippen molar-refractivity contribution in [2.45, 2.75) is 13.3 Å². The number of hydrogen-bond donors (Lipinski definition) is 1. The molecule has 0 saturated carbocycles. The summed E-state index contributed by atoms with van der Waals surface area (Å²) in [5, 5.41) is 3.00. The zero-order valence-electron chi connectivity index (χ0n) is 8.70. The lowest BCUT2D eigenvalue weighted by Gasteiger charge is -2.16. The van der Waals surface area contributed by atoms with Crippen molar-refractivity contribution in [2.24, 2.45) is 5.92 Å². The molecule has 1 N–H and O–H groups in total. The Morgan fingerprint density at radius 2 is 2.36 bits per heavy atom. The van der Waals surface area contributed by atoms with Gasteiger partial charge in [-0.3, -0.25) is 4.98 Å². The van der Waals surface area contributed by atoms with Gasteiger partial charge in [0.2, 0.25) is 0 Å². The van der Waals surface area contributed by atoms with Crippen LogP contribution in [-0.4, -0.2) is 30.1 Å². The summed E-state index contributed by atoms with van der Waals surface area (Å²) in [5.74, 6) is 2.60. The standard InChI is InChI=1S/C10H16N4/c1-8-3-4-14(7-8)10-6-12-5-9(11-2)13-10/h5-6,8H,3-4,7H2,1-2H3,(H,11,13). The molecule has 1 aromatic heterocycles. The lowest BCUT2D eigenvalue weighted by molar-refractivity contribution is 0.659. The molecule has 14 heavy (non-hydrogen) atoms. The van der Waals surface area contributed by atoms with Crippen LogP contribution in [0.5, 0.6) is 0 Å². The van der Waals surface area contributed by atoms with Crippen LogP contribution >= 0.6 is 0 Å². The fourth-order valence-electron chi connectivity index (χ4n) is 1.77. The van der Waals surface area contributed by atoms with E-state index in [2.05, 4.69) is 27.1 Å². The molecular formula is C10H16N4. The molecule has 0 aromatic carbocycles. The molecule has 4 heteroatoms. The third kappa shape index (κ3) is 1.78. The fourth-order valence-corrected chi connectivity index (χ4v) is 1.77. The first-order valence-corrected chi connectivity index (χ1v) is 5.04. The molecule has 0 amide bonds. The molecule has 1 aliphatic heterocycles. The molecule has 1 fully saturated rings. The monoisotopic (exact) mass is 192 g/mol. The maximum absolute atomic E-state index is 4.46. The number of nitrogens with one attached hydrogen (secondary N) is 1. The van der Waals surface area contributed by atoms with Crippen LogP contribution in [0.4, 0.5) is 11.6 Å². The predicted molar refractivity (Wildman–Crippen MR) is 57.6 cm³/mol. The van der Waals surface area contributed by atoms with Crippen LogP contribution in [0.2, 0.25) is 0 Å². The van der Waals surface area contributed by atoms with E-state index >= 15 is 0 Å². The smallest absolute Gasteiger partial charge is 0.149 e. The van der Waals surface area contributed by atoms with E-state index < -0.39 is 0 Å². The second-order valence-corrected chi connectivity index (χ2v) is 3.85. The van der Waals surface area contributed by atoms with Crippen molar-refractivity contribution in [3.8, 4) is 0 Å². The minimum Gasteiger partial charge on any atom is -0.372 e. The molecule has 0 radical (unpaired) electrons. The van der Waals surface area contributed by atoms with Gasteiger partial charge in [-0.05, 0) is 12.3 Å². The summed E-state index contributed by atoms with van der Waals surface area (Å²) in [6.07, 6.45) is 4.83. The first-order valence-electron chi connectivity index (χ1n) is 5.04. The number of rotatable bonds is 2. The van der Waals surface area contributed by atoms with Gasteiger partial charge < -0.3 is 10.2 Å². The van der Waals surface area contributed by atoms with E-state index in [1.165, 1.54) is 6.42 Å². The highest BCUT2D eigenvalue weighted by molar-refractivity contribution is 5.44. The van der Waals surface area contributed by atoms with Crippen molar-refractivity contribution in [2.75, 3.05) is 30.4 Å². The molecule has 1 atom stereocenters. The van der Waals surface area contributed by atoms with Crippen molar-refractivity contribution >= 4 is 11.6 Å². The summed E-state index contributed by atoms with van der Waals surface area (Å²) in [6.45, 7) is 4.47. The Morgan fingerprint density at radius 1 is 1.50 bits per heavy atom. The average molecular weight is 192 g/mol.